The SMILES string of the molecule is Cc1nn(C)cc1[C@H]1OCC[C@@H]1NC(=O)c1ccnc2ccncc12. The number of aryl methyl sites for hydroxylation is 2. The maximum absolute atomic E-state index is 12.8. The quantitative estimate of drug-likeness (QED) is 0.790. The molecule has 4 rings (SSSR count). The minimum absolute atomic E-state index is 0.0877. The number of rotatable bonds is 3. The zero-order chi connectivity index (χ0) is 17.4. The highest BCUT2D eigenvalue weighted by Crippen LogP contribution is 2.31. The standard InChI is InChI=1S/C18H19N5O2/c1-11-14(10-23(2)22-11)17-16(5-8-25-17)21-18(24)12-3-7-20-15-4-6-19-9-13(12)15/h3-4,6-7,9-10,16-17H,5,8H2,1-2H3,(H,21,24)/t16-,17+/m0/s1. The molecule has 0 bridgehead atoms. The molecule has 4 heterocycles. The zero-order valence-corrected chi connectivity index (χ0v) is 14.1. The van der Waals surface area contributed by atoms with E-state index in [1.165, 1.54) is 0 Å². The maximum Gasteiger partial charge on any atom is 0.252 e. The monoisotopic (exact) mass is 337 g/mol. The predicted molar refractivity (Wildman–Crippen MR) is 92.0 cm³/mol. The number of nitrogens with zero attached hydrogens (tertiary/aromatic N) is 4. The summed E-state index contributed by atoms with van der Waals surface area (Å²) in [6.45, 7) is 2.57. The third kappa shape index (κ3) is 2.87. The molecule has 7 heteroatoms. The summed E-state index contributed by atoms with van der Waals surface area (Å²) in [5.41, 5.74) is 3.27. The van der Waals surface area contributed by atoms with E-state index < -0.39 is 0 Å². The molecule has 0 aromatic carbocycles. The number of aromatic nitrogens is 4. The Balaban J connectivity index is 1.60. The Morgan fingerprint density at radius 1 is 1.36 bits per heavy atom. The van der Waals surface area contributed by atoms with Crippen LogP contribution in [0.3, 0.4) is 0 Å². The smallest absolute Gasteiger partial charge is 0.252 e. The molecule has 1 aliphatic heterocycles. The normalized spacial score (nSPS) is 20.1. The van der Waals surface area contributed by atoms with E-state index in [1.807, 2.05) is 20.2 Å². The van der Waals surface area contributed by atoms with Crippen molar-refractivity contribution in [1.82, 2.24) is 25.1 Å². The Hall–Kier alpha value is -2.80. The van der Waals surface area contributed by atoms with Crippen LogP contribution in [0.25, 0.3) is 10.9 Å². The average Bonchev–Trinajstić information content (AvgIpc) is 3.19. The van der Waals surface area contributed by atoms with Crippen molar-refractivity contribution >= 4 is 16.8 Å². The van der Waals surface area contributed by atoms with Gasteiger partial charge < -0.3 is 10.1 Å². The maximum atomic E-state index is 12.8. The second-order valence-corrected chi connectivity index (χ2v) is 6.25. The van der Waals surface area contributed by atoms with Crippen LogP contribution in [0.5, 0.6) is 0 Å². The van der Waals surface area contributed by atoms with Crippen molar-refractivity contribution in [3.8, 4) is 0 Å². The molecule has 1 saturated heterocycles. The van der Waals surface area contributed by atoms with Gasteiger partial charge in [0.15, 0.2) is 0 Å². The molecule has 1 amide bonds. The van der Waals surface area contributed by atoms with E-state index in [9.17, 15) is 4.79 Å². The number of amides is 1. The summed E-state index contributed by atoms with van der Waals surface area (Å²) in [5, 5.41) is 8.24. The van der Waals surface area contributed by atoms with Crippen LogP contribution in [0.2, 0.25) is 0 Å². The minimum Gasteiger partial charge on any atom is -0.371 e. The lowest BCUT2D eigenvalue weighted by Crippen LogP contribution is -2.37. The highest BCUT2D eigenvalue weighted by molar-refractivity contribution is 6.05. The van der Waals surface area contributed by atoms with Crippen LogP contribution < -0.4 is 5.32 Å². The fourth-order valence-corrected chi connectivity index (χ4v) is 3.37. The van der Waals surface area contributed by atoms with Gasteiger partial charge in [-0.1, -0.05) is 0 Å². The van der Waals surface area contributed by atoms with Gasteiger partial charge in [-0.2, -0.15) is 5.10 Å². The van der Waals surface area contributed by atoms with Crippen molar-refractivity contribution in [2.24, 2.45) is 7.05 Å². The third-order valence-electron chi connectivity index (χ3n) is 4.55. The summed E-state index contributed by atoms with van der Waals surface area (Å²) in [7, 11) is 1.88. The lowest BCUT2D eigenvalue weighted by Gasteiger charge is -2.20. The molecule has 2 atom stereocenters. The number of hydrogen-bond donors (Lipinski definition) is 1. The van der Waals surface area contributed by atoms with Gasteiger partial charge in [0.1, 0.15) is 6.10 Å². The number of fused-ring (bicyclic) bond motifs is 1. The minimum atomic E-state index is -0.177. The number of carbonyl (C=O) groups excluding carboxylic acids is 1. The lowest BCUT2D eigenvalue weighted by atomic mass is 10.0. The number of carbonyl (C=O) groups is 1. The van der Waals surface area contributed by atoms with Gasteiger partial charge in [-0.05, 0) is 25.5 Å². The summed E-state index contributed by atoms with van der Waals surface area (Å²) < 4.78 is 7.65. The molecule has 3 aromatic rings. The Kier molecular flexibility index (Phi) is 3.93. The first kappa shape index (κ1) is 15.7. The van der Waals surface area contributed by atoms with Crippen molar-refractivity contribution in [2.45, 2.75) is 25.5 Å². The molecule has 1 fully saturated rings. The van der Waals surface area contributed by atoms with E-state index in [2.05, 4.69) is 20.4 Å². The van der Waals surface area contributed by atoms with Crippen LogP contribution >= 0.6 is 0 Å². The fraction of sp³-hybridized carbons (Fsp3) is 0.333. The first-order chi connectivity index (χ1) is 12.1. The van der Waals surface area contributed by atoms with E-state index in [4.69, 9.17) is 4.74 Å². The van der Waals surface area contributed by atoms with E-state index in [-0.39, 0.29) is 18.1 Å². The van der Waals surface area contributed by atoms with Gasteiger partial charge >= 0.3 is 0 Å². The number of nitrogens with one attached hydrogen (secondary N) is 1. The number of hydrogen-bond acceptors (Lipinski definition) is 5. The van der Waals surface area contributed by atoms with Crippen LogP contribution in [0.15, 0.2) is 36.9 Å². The van der Waals surface area contributed by atoms with Crippen LogP contribution in [-0.4, -0.2) is 38.3 Å². The molecule has 128 valence electrons. The Bertz CT molecular complexity index is 931. The van der Waals surface area contributed by atoms with E-state index >= 15 is 0 Å². The second kappa shape index (κ2) is 6.25. The highest BCUT2D eigenvalue weighted by Gasteiger charge is 2.33. The van der Waals surface area contributed by atoms with Gasteiger partial charge in [-0.25, -0.2) is 0 Å². The first-order valence-corrected chi connectivity index (χ1v) is 8.25. The second-order valence-electron chi connectivity index (χ2n) is 6.25. The van der Waals surface area contributed by atoms with Gasteiger partial charge in [0.05, 0.1) is 22.8 Å². The number of ether oxygens (including phenoxy) is 1. The number of pyridine rings is 2. The van der Waals surface area contributed by atoms with Crippen molar-refractivity contribution in [3.63, 3.8) is 0 Å². The predicted octanol–water partition coefficient (Wildman–Crippen LogP) is 1.93. The van der Waals surface area contributed by atoms with Gasteiger partial charge in [-0.3, -0.25) is 19.4 Å². The van der Waals surface area contributed by atoms with Gasteiger partial charge in [0.2, 0.25) is 0 Å². The molecule has 3 aromatic heterocycles. The first-order valence-electron chi connectivity index (χ1n) is 8.25. The van der Waals surface area contributed by atoms with Crippen molar-refractivity contribution in [3.05, 3.63) is 53.7 Å². The Morgan fingerprint density at radius 3 is 3.04 bits per heavy atom. The topological polar surface area (TPSA) is 81.9 Å². The van der Waals surface area contributed by atoms with Crippen LogP contribution in [0.1, 0.15) is 34.1 Å². The zero-order valence-electron chi connectivity index (χ0n) is 14.1. The van der Waals surface area contributed by atoms with Crippen molar-refractivity contribution in [1.29, 1.82) is 0 Å². The highest BCUT2D eigenvalue weighted by atomic mass is 16.5. The Labute approximate surface area is 145 Å². The molecule has 0 unspecified atom stereocenters. The molecular formula is C18H19N5O2. The third-order valence-corrected chi connectivity index (χ3v) is 4.55. The molecular weight excluding hydrogens is 318 g/mol. The van der Waals surface area contributed by atoms with Gasteiger partial charge in [0.25, 0.3) is 5.91 Å². The molecule has 0 spiro atoms. The fourth-order valence-electron chi connectivity index (χ4n) is 3.37. The molecule has 0 aliphatic carbocycles. The van der Waals surface area contributed by atoms with E-state index in [0.717, 1.165) is 28.6 Å². The van der Waals surface area contributed by atoms with E-state index in [1.54, 1.807) is 35.4 Å². The average molecular weight is 337 g/mol. The van der Waals surface area contributed by atoms with Crippen molar-refractivity contribution < 1.29 is 9.53 Å². The largest absolute Gasteiger partial charge is 0.371 e. The van der Waals surface area contributed by atoms with Gasteiger partial charge in [-0.15, -0.1) is 0 Å². The summed E-state index contributed by atoms with van der Waals surface area (Å²) >= 11 is 0. The summed E-state index contributed by atoms with van der Waals surface area (Å²) in [6.07, 6.45) is 7.53. The molecule has 0 saturated carbocycles. The van der Waals surface area contributed by atoms with Crippen LogP contribution in [-0.2, 0) is 11.8 Å². The molecule has 1 N–H and O–H groups in total. The molecule has 0 radical (unpaired) electrons. The lowest BCUT2D eigenvalue weighted by molar-refractivity contribution is 0.0820. The summed E-state index contributed by atoms with van der Waals surface area (Å²) in [4.78, 5) is 21.2. The molecule has 1 aliphatic rings. The van der Waals surface area contributed by atoms with Gasteiger partial charge in [0, 0.05) is 49.4 Å². The molecule has 7 nitrogen and oxygen atoms in total. The summed E-state index contributed by atoms with van der Waals surface area (Å²) in [5.74, 6) is -0.137. The van der Waals surface area contributed by atoms with Crippen LogP contribution in [0.4, 0.5) is 0 Å². The van der Waals surface area contributed by atoms with Crippen molar-refractivity contribution in [2.75, 3.05) is 6.61 Å². The molecule has 25 heavy (non-hydrogen) atoms. The summed E-state index contributed by atoms with van der Waals surface area (Å²) in [6, 6.07) is 3.43. The Morgan fingerprint density at radius 2 is 2.24 bits per heavy atom. The van der Waals surface area contributed by atoms with Crippen LogP contribution in [0, 0.1) is 6.92 Å². The van der Waals surface area contributed by atoms with E-state index in [0.29, 0.717) is 12.2 Å².